The molecule has 13 atom stereocenters. The summed E-state index contributed by atoms with van der Waals surface area (Å²) >= 11 is 1.41. The van der Waals surface area contributed by atoms with Crippen molar-refractivity contribution in [2.24, 2.45) is 41.4 Å². The molecule has 0 bridgehead atoms. The van der Waals surface area contributed by atoms with Crippen LogP contribution in [0.3, 0.4) is 0 Å². The molecule has 0 radical (unpaired) electrons. The van der Waals surface area contributed by atoms with Crippen molar-refractivity contribution in [2.75, 3.05) is 55.9 Å². The summed E-state index contributed by atoms with van der Waals surface area (Å²) in [6.07, 6.45) is 1.82. The van der Waals surface area contributed by atoms with Crippen molar-refractivity contribution < 1.29 is 62.2 Å². The standard InChI is InChI=1S/C72H116N12O13S/c1-24-52-68(91)78(17)38-57(85)79(18)53(32-40(2)3)65(88)77-59(44(10)11)71(94)80(19)54(33-41(4)5)64(87)74-47(15)63(86)75-48(16)67(90)81(20)55(34-42(6)7)69(92)82(21)56(35-43(8)9)70(93)83(22)60(45(12)13)72(95)84(23)61(66(89)76-52)62-46(14)36-58(97-62)98-51-30-27-29-50(37-51)96-39-49-28-25-26-31-73-49/h25-31,37,40-48,52-56,58-62H,24,32-36,38-39H2,1-23H3,(H,74,87)(H,75,86)(H,76,89)(H,77,88)/t46-,47+,48-,52+,53+,54+,55+,56+,58+,59+,60+,61+,62-/m1/s1. The van der Waals surface area contributed by atoms with Gasteiger partial charge in [0.2, 0.25) is 65.0 Å². The largest absolute Gasteiger partial charge is 0.487 e. The van der Waals surface area contributed by atoms with E-state index in [1.54, 1.807) is 40.8 Å². The molecular formula is C72H116N12O13S. The first-order valence-electron chi connectivity index (χ1n) is 34.7. The molecule has 548 valence electrons. The van der Waals surface area contributed by atoms with Crippen molar-refractivity contribution in [1.29, 1.82) is 0 Å². The molecule has 0 aliphatic carbocycles. The summed E-state index contributed by atoms with van der Waals surface area (Å²) in [4.78, 5) is 177. The molecule has 2 aromatic rings. The van der Waals surface area contributed by atoms with Crippen molar-refractivity contribution in [3.05, 3.63) is 54.4 Å². The van der Waals surface area contributed by atoms with Crippen LogP contribution in [0.4, 0.5) is 0 Å². The Bertz CT molecular complexity index is 3060. The molecule has 11 amide bonds. The lowest BCUT2D eigenvalue weighted by Crippen LogP contribution is -2.63. The Morgan fingerprint density at radius 1 is 0.531 bits per heavy atom. The molecule has 1 aromatic heterocycles. The third-order valence-electron chi connectivity index (χ3n) is 18.4. The predicted molar refractivity (Wildman–Crippen MR) is 377 cm³/mol. The maximum atomic E-state index is 15.7. The third-order valence-corrected chi connectivity index (χ3v) is 19.5. The Morgan fingerprint density at radius 2 is 1.05 bits per heavy atom. The minimum atomic E-state index is -1.41. The topological polar surface area (TPSA) is 290 Å². The Labute approximate surface area is 587 Å². The Balaban J connectivity index is 1.89. The minimum absolute atomic E-state index is 0.0448. The zero-order valence-electron chi connectivity index (χ0n) is 62.5. The second-order valence-electron chi connectivity index (χ2n) is 29.3. The zero-order valence-corrected chi connectivity index (χ0v) is 63.4. The van der Waals surface area contributed by atoms with E-state index in [0.717, 1.165) is 15.5 Å². The van der Waals surface area contributed by atoms with Gasteiger partial charge >= 0.3 is 0 Å². The van der Waals surface area contributed by atoms with Gasteiger partial charge in [-0.15, -0.1) is 0 Å². The van der Waals surface area contributed by atoms with Gasteiger partial charge in [-0.2, -0.15) is 0 Å². The van der Waals surface area contributed by atoms with Crippen molar-refractivity contribution in [1.82, 2.24) is 60.6 Å². The van der Waals surface area contributed by atoms with Crippen LogP contribution in [0, 0.1) is 41.4 Å². The van der Waals surface area contributed by atoms with E-state index in [4.69, 9.17) is 9.47 Å². The molecule has 2 fully saturated rings. The van der Waals surface area contributed by atoms with Crippen molar-refractivity contribution in [3.63, 3.8) is 0 Å². The van der Waals surface area contributed by atoms with Crippen LogP contribution in [0.1, 0.15) is 155 Å². The fraction of sp³-hybridized carbons (Fsp3) is 0.694. The molecule has 0 saturated carbocycles. The average Bonchev–Trinajstić information content (AvgIpc) is 1.39. The number of nitrogens with zero attached hydrogens (tertiary/aromatic N) is 8. The lowest BCUT2D eigenvalue weighted by atomic mass is 9.93. The number of thioether (sulfide) groups is 1. The van der Waals surface area contributed by atoms with E-state index in [2.05, 4.69) is 26.3 Å². The SMILES string of the molecule is CC[C@@H]1NC(=O)[C@H]([C@@H]2O[C@@H](Sc3cccc(OCc4ccccn4)c3)C[C@H]2C)N(C)C(=O)[C@H](C(C)C)N(C)C(=O)[C@H](CC(C)C)N(C)C(=O)[C@H](CC(C)C)N(C)C(=O)[C@@H](C)NC(=O)[C@H](C)NC(=O)[C@H](CC(C)C)N(C)C(=O)[C@H](C(C)C)NC(=O)[C@H](CC(C)C)N(C)C(=O)CN(C)C1=O. The number of aromatic nitrogens is 1. The molecule has 0 spiro atoms. The number of rotatable bonds is 17. The lowest BCUT2D eigenvalue weighted by molar-refractivity contribution is -0.157. The van der Waals surface area contributed by atoms with E-state index in [9.17, 15) is 33.6 Å². The van der Waals surface area contributed by atoms with Gasteiger partial charge < -0.3 is 65.0 Å². The smallest absolute Gasteiger partial charge is 0.246 e. The van der Waals surface area contributed by atoms with Crippen molar-refractivity contribution >= 4 is 76.7 Å². The highest BCUT2D eigenvalue weighted by Gasteiger charge is 2.49. The summed E-state index contributed by atoms with van der Waals surface area (Å²) in [7, 11) is 10.2. The van der Waals surface area contributed by atoms with Gasteiger partial charge in [0.15, 0.2) is 0 Å². The number of carbonyl (C=O) groups is 11. The summed E-state index contributed by atoms with van der Waals surface area (Å²) in [6.45, 7) is 28.3. The molecule has 3 heterocycles. The fourth-order valence-electron chi connectivity index (χ4n) is 12.6. The molecule has 1 aromatic carbocycles. The monoisotopic (exact) mass is 1390 g/mol. The van der Waals surface area contributed by atoms with Crippen LogP contribution in [-0.2, 0) is 64.1 Å². The quantitative estimate of drug-likeness (QED) is 0.145. The van der Waals surface area contributed by atoms with Gasteiger partial charge in [0, 0.05) is 60.4 Å². The van der Waals surface area contributed by atoms with Crippen LogP contribution >= 0.6 is 11.8 Å². The number of hydrogen-bond acceptors (Lipinski definition) is 15. The van der Waals surface area contributed by atoms with Crippen molar-refractivity contribution in [2.45, 2.75) is 233 Å². The summed E-state index contributed by atoms with van der Waals surface area (Å²) < 4.78 is 12.9. The van der Waals surface area contributed by atoms with Crippen LogP contribution in [-0.4, -0.2) is 232 Å². The number of nitrogens with one attached hydrogen (secondary N) is 4. The highest BCUT2D eigenvalue weighted by atomic mass is 32.2. The van der Waals surface area contributed by atoms with Crippen LogP contribution in [0.25, 0.3) is 0 Å². The molecule has 4 N–H and O–H groups in total. The van der Waals surface area contributed by atoms with Crippen LogP contribution < -0.4 is 26.0 Å². The Kier molecular flexibility index (Phi) is 32.0. The number of hydrogen-bond donors (Lipinski definition) is 4. The molecule has 26 heteroatoms. The van der Waals surface area contributed by atoms with Gasteiger partial charge in [0.25, 0.3) is 0 Å². The van der Waals surface area contributed by atoms with Crippen LogP contribution in [0.15, 0.2) is 53.6 Å². The van der Waals surface area contributed by atoms with Gasteiger partial charge in [-0.05, 0) is 124 Å². The van der Waals surface area contributed by atoms with Gasteiger partial charge in [0.1, 0.15) is 78.2 Å². The molecule has 2 aliphatic heterocycles. The number of benzene rings is 1. The van der Waals surface area contributed by atoms with Gasteiger partial charge in [0.05, 0.1) is 18.3 Å². The number of likely N-dealkylation sites (N-methyl/N-ethyl adjacent to an activating group) is 7. The molecule has 2 aliphatic rings. The maximum absolute atomic E-state index is 15.7. The van der Waals surface area contributed by atoms with Gasteiger partial charge in [-0.1, -0.05) is 121 Å². The van der Waals surface area contributed by atoms with Crippen molar-refractivity contribution in [3.8, 4) is 5.75 Å². The summed E-state index contributed by atoms with van der Waals surface area (Å²) in [6, 6.07) is 0.933. The minimum Gasteiger partial charge on any atom is -0.487 e. The van der Waals surface area contributed by atoms with E-state index < -0.39 is 155 Å². The van der Waals surface area contributed by atoms with E-state index in [0.29, 0.717) is 12.2 Å². The van der Waals surface area contributed by atoms with Crippen LogP contribution in [0.2, 0.25) is 0 Å². The summed E-state index contributed by atoms with van der Waals surface area (Å²) in [5.41, 5.74) is 0.213. The first-order valence-corrected chi connectivity index (χ1v) is 35.6. The predicted octanol–water partition coefficient (Wildman–Crippen LogP) is 5.82. The van der Waals surface area contributed by atoms with Gasteiger partial charge in [-0.25, -0.2) is 0 Å². The molecule has 25 nitrogen and oxygen atoms in total. The Hall–Kier alpha value is -7.35. The highest BCUT2D eigenvalue weighted by molar-refractivity contribution is 7.99. The first-order chi connectivity index (χ1) is 45.7. The first kappa shape index (κ1) is 83.1. The Morgan fingerprint density at radius 3 is 1.58 bits per heavy atom. The van der Waals surface area contributed by atoms with Gasteiger partial charge in [-0.3, -0.25) is 57.7 Å². The lowest BCUT2D eigenvalue weighted by Gasteiger charge is -2.41. The van der Waals surface area contributed by atoms with E-state index in [1.165, 1.54) is 104 Å². The second kappa shape index (κ2) is 37.7. The van der Waals surface area contributed by atoms with E-state index >= 15 is 19.2 Å². The number of ether oxygens (including phenoxy) is 2. The number of carbonyl (C=O) groups excluding carboxylic acids is 11. The maximum Gasteiger partial charge on any atom is 0.246 e. The summed E-state index contributed by atoms with van der Waals surface area (Å²) in [5, 5.41) is 11.2. The molecule has 98 heavy (non-hydrogen) atoms. The molecular weight excluding hydrogens is 1270 g/mol. The fourth-order valence-corrected chi connectivity index (χ4v) is 13.8. The average molecular weight is 1390 g/mol. The molecule has 4 rings (SSSR count). The second-order valence-corrected chi connectivity index (χ2v) is 30.5. The van der Waals surface area contributed by atoms with E-state index in [-0.39, 0.29) is 68.3 Å². The summed E-state index contributed by atoms with van der Waals surface area (Å²) in [5.74, 6) is -8.58. The molecule has 0 unspecified atom stereocenters. The number of amides is 11. The molecule has 2 saturated heterocycles. The normalized spacial score (nSPS) is 27.1. The zero-order chi connectivity index (χ0) is 74.1. The van der Waals surface area contributed by atoms with E-state index in [1.807, 2.05) is 105 Å². The number of pyridine rings is 1. The third kappa shape index (κ3) is 22.6. The van der Waals surface area contributed by atoms with Crippen LogP contribution in [0.5, 0.6) is 5.75 Å². The highest BCUT2D eigenvalue weighted by Crippen LogP contribution is 2.40.